The van der Waals surface area contributed by atoms with Gasteiger partial charge in [-0.25, -0.2) is 0 Å². The van der Waals surface area contributed by atoms with Crippen molar-refractivity contribution in [1.29, 1.82) is 0 Å². The molecule has 0 atom stereocenters. The van der Waals surface area contributed by atoms with Crippen molar-refractivity contribution in [2.75, 3.05) is 30.9 Å². The fourth-order valence-electron chi connectivity index (χ4n) is 2.73. The topological polar surface area (TPSA) is 58.4 Å². The van der Waals surface area contributed by atoms with E-state index < -0.39 is 5.41 Å². The molecule has 1 aromatic rings. The van der Waals surface area contributed by atoms with Crippen LogP contribution >= 0.6 is 0 Å². The molecule has 0 radical (unpaired) electrons. The Bertz CT molecular complexity index is 451. The molecular formula is C17H29N3O. The molecule has 1 aromatic carbocycles. The summed E-state index contributed by atoms with van der Waals surface area (Å²) in [5, 5.41) is 3.05. The number of carbonyl (C=O) groups excluding carboxylic acids is 1. The van der Waals surface area contributed by atoms with Crippen LogP contribution in [-0.4, -0.2) is 26.5 Å². The average Bonchev–Trinajstić information content (AvgIpc) is 2.47. The molecule has 0 aliphatic heterocycles. The van der Waals surface area contributed by atoms with Crippen LogP contribution in [0.3, 0.4) is 0 Å². The maximum atomic E-state index is 12.7. The van der Waals surface area contributed by atoms with Gasteiger partial charge in [-0.2, -0.15) is 0 Å². The number of carbonyl (C=O) groups is 1. The van der Waals surface area contributed by atoms with E-state index in [0.717, 1.165) is 37.1 Å². The number of hydrogen-bond acceptors (Lipinski definition) is 3. The molecule has 3 N–H and O–H groups in total. The third-order valence-electron chi connectivity index (χ3n) is 3.95. The first kappa shape index (κ1) is 17.5. The van der Waals surface area contributed by atoms with E-state index in [2.05, 4.69) is 19.2 Å². The number of rotatable bonds is 8. The van der Waals surface area contributed by atoms with Crippen molar-refractivity contribution in [2.45, 2.75) is 39.5 Å². The van der Waals surface area contributed by atoms with Gasteiger partial charge in [0, 0.05) is 32.0 Å². The van der Waals surface area contributed by atoms with Gasteiger partial charge in [0.15, 0.2) is 0 Å². The second kappa shape index (κ2) is 8.03. The molecule has 0 unspecified atom stereocenters. The van der Waals surface area contributed by atoms with Gasteiger partial charge in [0.1, 0.15) is 0 Å². The second-order valence-electron chi connectivity index (χ2n) is 5.88. The summed E-state index contributed by atoms with van der Waals surface area (Å²) in [5.74, 6) is 0.0459. The first-order chi connectivity index (χ1) is 9.99. The van der Waals surface area contributed by atoms with Gasteiger partial charge >= 0.3 is 0 Å². The third-order valence-corrected chi connectivity index (χ3v) is 3.95. The van der Waals surface area contributed by atoms with Crippen LogP contribution < -0.4 is 16.0 Å². The van der Waals surface area contributed by atoms with Gasteiger partial charge in [-0.3, -0.25) is 4.79 Å². The molecule has 0 saturated heterocycles. The highest BCUT2D eigenvalue weighted by Crippen LogP contribution is 2.31. The van der Waals surface area contributed by atoms with Crippen LogP contribution in [0.1, 0.15) is 39.5 Å². The van der Waals surface area contributed by atoms with Crippen LogP contribution in [0.5, 0.6) is 0 Å². The third kappa shape index (κ3) is 4.46. The lowest BCUT2D eigenvalue weighted by molar-refractivity contribution is -0.126. The smallest absolute Gasteiger partial charge is 0.231 e. The first-order valence-corrected chi connectivity index (χ1v) is 7.78. The summed E-state index contributed by atoms with van der Waals surface area (Å²) in [6.45, 7) is 4.59. The van der Waals surface area contributed by atoms with E-state index in [0.29, 0.717) is 6.54 Å². The Balaban J connectivity index is 2.93. The zero-order valence-corrected chi connectivity index (χ0v) is 13.8. The van der Waals surface area contributed by atoms with Gasteiger partial charge in [0.05, 0.1) is 5.41 Å². The van der Waals surface area contributed by atoms with Crippen LogP contribution in [0.4, 0.5) is 11.4 Å². The van der Waals surface area contributed by atoms with E-state index >= 15 is 0 Å². The van der Waals surface area contributed by atoms with Crippen LogP contribution in [0.2, 0.25) is 0 Å². The highest BCUT2D eigenvalue weighted by Gasteiger charge is 2.35. The van der Waals surface area contributed by atoms with Crippen molar-refractivity contribution < 1.29 is 4.79 Å². The van der Waals surface area contributed by atoms with Crippen LogP contribution in [0, 0.1) is 5.41 Å². The molecule has 4 nitrogen and oxygen atoms in total. The van der Waals surface area contributed by atoms with Gasteiger partial charge in [0.2, 0.25) is 5.91 Å². The van der Waals surface area contributed by atoms with E-state index in [9.17, 15) is 4.79 Å². The Hall–Kier alpha value is -1.55. The number of hydrogen-bond donors (Lipinski definition) is 2. The van der Waals surface area contributed by atoms with Gasteiger partial charge in [-0.1, -0.05) is 32.8 Å². The van der Waals surface area contributed by atoms with Gasteiger partial charge in [-0.15, -0.1) is 0 Å². The largest absolute Gasteiger partial charge is 0.378 e. The molecule has 1 amide bonds. The quantitative estimate of drug-likeness (QED) is 0.773. The Morgan fingerprint density at radius 3 is 2.33 bits per heavy atom. The normalized spacial score (nSPS) is 11.3. The lowest BCUT2D eigenvalue weighted by Gasteiger charge is -2.30. The van der Waals surface area contributed by atoms with Crippen molar-refractivity contribution in [3.05, 3.63) is 24.3 Å². The Labute approximate surface area is 128 Å². The van der Waals surface area contributed by atoms with Gasteiger partial charge < -0.3 is 16.0 Å². The van der Waals surface area contributed by atoms with Crippen molar-refractivity contribution in [3.63, 3.8) is 0 Å². The van der Waals surface area contributed by atoms with E-state index in [-0.39, 0.29) is 5.91 Å². The number of benzene rings is 1. The monoisotopic (exact) mass is 291 g/mol. The average molecular weight is 291 g/mol. The zero-order chi connectivity index (χ0) is 15.9. The Morgan fingerprint density at radius 1 is 1.24 bits per heavy atom. The number of nitrogens with zero attached hydrogens (tertiary/aromatic N) is 1. The molecule has 0 fully saturated rings. The minimum atomic E-state index is -0.447. The van der Waals surface area contributed by atoms with E-state index in [1.54, 1.807) is 0 Å². The second-order valence-corrected chi connectivity index (χ2v) is 5.88. The predicted octanol–water partition coefficient (Wildman–Crippen LogP) is 3.24. The van der Waals surface area contributed by atoms with Gasteiger partial charge in [-0.05, 0) is 31.0 Å². The maximum Gasteiger partial charge on any atom is 0.231 e. The van der Waals surface area contributed by atoms with Crippen molar-refractivity contribution >= 4 is 17.3 Å². The molecular weight excluding hydrogens is 262 g/mol. The molecule has 4 heteroatoms. The summed E-state index contributed by atoms with van der Waals surface area (Å²) in [6, 6.07) is 7.87. The van der Waals surface area contributed by atoms with Crippen molar-refractivity contribution in [2.24, 2.45) is 11.1 Å². The molecule has 0 spiro atoms. The summed E-state index contributed by atoms with van der Waals surface area (Å²) in [5.41, 5.74) is 7.39. The maximum absolute atomic E-state index is 12.7. The minimum absolute atomic E-state index is 0.0459. The lowest BCUT2D eigenvalue weighted by Crippen LogP contribution is -2.42. The molecule has 118 valence electrons. The Morgan fingerprint density at radius 2 is 1.86 bits per heavy atom. The Kier molecular flexibility index (Phi) is 6.69. The van der Waals surface area contributed by atoms with Crippen LogP contribution in [-0.2, 0) is 4.79 Å². The summed E-state index contributed by atoms with van der Waals surface area (Å²) in [7, 11) is 3.97. The van der Waals surface area contributed by atoms with Crippen molar-refractivity contribution in [1.82, 2.24) is 0 Å². The summed E-state index contributed by atoms with van der Waals surface area (Å²) >= 11 is 0. The minimum Gasteiger partial charge on any atom is -0.378 e. The van der Waals surface area contributed by atoms with Gasteiger partial charge in [0.25, 0.3) is 0 Å². The van der Waals surface area contributed by atoms with Crippen molar-refractivity contribution in [3.8, 4) is 0 Å². The summed E-state index contributed by atoms with van der Waals surface area (Å²) < 4.78 is 0. The highest BCUT2D eigenvalue weighted by atomic mass is 16.2. The fourth-order valence-corrected chi connectivity index (χ4v) is 2.73. The number of nitrogens with one attached hydrogen (secondary N) is 1. The number of anilines is 2. The molecule has 0 bridgehead atoms. The zero-order valence-electron chi connectivity index (χ0n) is 13.8. The highest BCUT2D eigenvalue weighted by molar-refractivity contribution is 5.95. The van der Waals surface area contributed by atoms with E-state index in [4.69, 9.17) is 5.73 Å². The summed E-state index contributed by atoms with van der Waals surface area (Å²) in [4.78, 5) is 14.7. The molecule has 21 heavy (non-hydrogen) atoms. The molecule has 1 rings (SSSR count). The van der Waals surface area contributed by atoms with E-state index in [1.807, 2.05) is 43.3 Å². The summed E-state index contributed by atoms with van der Waals surface area (Å²) in [6.07, 6.45) is 3.58. The molecule has 0 aromatic heterocycles. The van der Waals surface area contributed by atoms with Crippen LogP contribution in [0.25, 0.3) is 0 Å². The lowest BCUT2D eigenvalue weighted by atomic mass is 9.78. The molecule has 0 aliphatic carbocycles. The molecule has 0 heterocycles. The number of nitrogens with two attached hydrogens (primary N) is 1. The molecule has 0 saturated carbocycles. The predicted molar refractivity (Wildman–Crippen MR) is 90.7 cm³/mol. The van der Waals surface area contributed by atoms with Crippen LogP contribution in [0.15, 0.2) is 24.3 Å². The van der Waals surface area contributed by atoms with E-state index in [1.165, 1.54) is 0 Å². The number of amides is 1. The standard InChI is InChI=1S/C17H29N3O/c1-5-10-17(13-18,11-6-2)16(21)19-14-8-7-9-15(12-14)20(3)4/h7-9,12H,5-6,10-11,13,18H2,1-4H3,(H,19,21). The fraction of sp³-hybridized carbons (Fsp3) is 0.588. The molecule has 0 aliphatic rings. The first-order valence-electron chi connectivity index (χ1n) is 7.78. The SMILES string of the molecule is CCCC(CN)(CCC)C(=O)Nc1cccc(N(C)C)c1.